The van der Waals surface area contributed by atoms with E-state index in [9.17, 15) is 9.59 Å². The molecule has 1 aliphatic rings. The Morgan fingerprint density at radius 3 is 2.21 bits per heavy atom. The fraction of sp³-hybridized carbons (Fsp3) is 0.500. The van der Waals surface area contributed by atoms with E-state index < -0.39 is 5.60 Å². The molecular weight excluding hydrogens is 412 g/mol. The molecule has 0 aliphatic heterocycles. The van der Waals surface area contributed by atoms with E-state index in [-0.39, 0.29) is 17.9 Å². The largest absolute Gasteiger partial charge is 0.456 e. The second-order valence-electron chi connectivity index (χ2n) is 10.1. The fourth-order valence-corrected chi connectivity index (χ4v) is 4.98. The Balaban J connectivity index is 1.79. The number of nitrogens with zero attached hydrogens (tertiary/aromatic N) is 1. The zero-order valence-electron chi connectivity index (χ0n) is 20.9. The number of benzene rings is 2. The first-order valence-corrected chi connectivity index (χ1v) is 12.0. The highest BCUT2D eigenvalue weighted by Crippen LogP contribution is 2.41. The molecule has 0 unspecified atom stereocenters. The molecular formula is C28H38N2O3. The Kier molecular flexibility index (Phi) is 7.83. The van der Waals surface area contributed by atoms with Gasteiger partial charge in [0.1, 0.15) is 5.60 Å². The van der Waals surface area contributed by atoms with Crippen molar-refractivity contribution in [3.05, 3.63) is 64.7 Å². The van der Waals surface area contributed by atoms with Crippen molar-refractivity contribution in [3.63, 3.8) is 0 Å². The van der Waals surface area contributed by atoms with Gasteiger partial charge >= 0.3 is 5.97 Å². The van der Waals surface area contributed by atoms with Gasteiger partial charge < -0.3 is 15.0 Å². The van der Waals surface area contributed by atoms with Gasteiger partial charge in [-0.1, -0.05) is 36.4 Å². The van der Waals surface area contributed by atoms with E-state index in [1.165, 1.54) is 11.1 Å². The van der Waals surface area contributed by atoms with Gasteiger partial charge in [-0.2, -0.15) is 0 Å². The van der Waals surface area contributed by atoms with Gasteiger partial charge in [0, 0.05) is 26.6 Å². The molecule has 0 saturated heterocycles. The quantitative estimate of drug-likeness (QED) is 0.543. The van der Waals surface area contributed by atoms with Crippen molar-refractivity contribution in [2.75, 3.05) is 12.4 Å². The summed E-state index contributed by atoms with van der Waals surface area (Å²) in [5, 5.41) is 3.29. The van der Waals surface area contributed by atoms with Crippen LogP contribution in [0, 0.1) is 6.92 Å². The molecule has 1 N–H and O–H groups in total. The summed E-state index contributed by atoms with van der Waals surface area (Å²) in [5.41, 5.74) is 4.47. The van der Waals surface area contributed by atoms with Gasteiger partial charge in [0.25, 0.3) is 0 Å². The number of aryl methyl sites for hydroxylation is 1. The van der Waals surface area contributed by atoms with Crippen molar-refractivity contribution >= 4 is 17.6 Å². The van der Waals surface area contributed by atoms with Gasteiger partial charge in [-0.25, -0.2) is 4.79 Å². The maximum absolute atomic E-state index is 12.9. The number of carbonyl (C=O) groups excluding carboxylic acids is 2. The van der Waals surface area contributed by atoms with Gasteiger partial charge in [0.05, 0.1) is 11.3 Å². The molecule has 178 valence electrons. The molecule has 1 aliphatic carbocycles. The lowest BCUT2D eigenvalue weighted by atomic mass is 9.78. The van der Waals surface area contributed by atoms with Crippen LogP contribution in [0.3, 0.4) is 0 Å². The maximum atomic E-state index is 12.9. The molecule has 2 aromatic rings. The lowest BCUT2D eigenvalue weighted by molar-refractivity contribution is -0.132. The number of rotatable bonds is 6. The first-order chi connectivity index (χ1) is 15.6. The molecule has 5 heteroatoms. The average Bonchev–Trinajstić information content (AvgIpc) is 2.76. The number of nitrogens with one attached hydrogen (secondary N) is 1. The third kappa shape index (κ3) is 6.16. The highest BCUT2D eigenvalue weighted by molar-refractivity contribution is 5.97. The van der Waals surface area contributed by atoms with Gasteiger partial charge in [-0.05, 0) is 82.1 Å². The topological polar surface area (TPSA) is 58.6 Å². The second-order valence-corrected chi connectivity index (χ2v) is 10.1. The Morgan fingerprint density at radius 2 is 1.67 bits per heavy atom. The number of hydrogen-bond acceptors (Lipinski definition) is 4. The van der Waals surface area contributed by atoms with Crippen LogP contribution >= 0.6 is 0 Å². The SMILES string of the molecule is CNc1c(C(=O)OC(C)(C)C)ccc(C)c1C1CCC(N(Cc2ccccc2)C(C)=O)CC1. The van der Waals surface area contributed by atoms with Crippen molar-refractivity contribution in [1.29, 1.82) is 0 Å². The van der Waals surface area contributed by atoms with Gasteiger partial charge in [-0.3, -0.25) is 4.79 Å². The van der Waals surface area contributed by atoms with Crippen molar-refractivity contribution in [2.24, 2.45) is 0 Å². The van der Waals surface area contributed by atoms with Crippen molar-refractivity contribution < 1.29 is 14.3 Å². The van der Waals surface area contributed by atoms with Crippen molar-refractivity contribution in [3.8, 4) is 0 Å². The fourth-order valence-electron chi connectivity index (χ4n) is 4.98. The van der Waals surface area contributed by atoms with Crippen LogP contribution in [0.1, 0.15) is 86.3 Å². The lowest BCUT2D eigenvalue weighted by Crippen LogP contribution is -2.40. The molecule has 3 rings (SSSR count). The predicted octanol–water partition coefficient (Wildman–Crippen LogP) is 6.07. The zero-order chi connectivity index (χ0) is 24.2. The van der Waals surface area contributed by atoms with Crippen LogP contribution in [-0.2, 0) is 16.1 Å². The molecule has 0 aromatic heterocycles. The highest BCUT2D eigenvalue weighted by atomic mass is 16.6. The standard InChI is InChI=1S/C28H38N2O3/c1-19-12-17-24(27(32)33-28(3,4)5)26(29-6)25(19)22-13-15-23(16-14-22)30(20(2)31)18-21-10-8-7-9-11-21/h7-12,17,22-23,29H,13-16,18H2,1-6H3. The predicted molar refractivity (Wildman–Crippen MR) is 134 cm³/mol. The van der Waals surface area contributed by atoms with Crippen LogP contribution in [0.15, 0.2) is 42.5 Å². The van der Waals surface area contributed by atoms with E-state index in [1.54, 1.807) is 6.92 Å². The van der Waals surface area contributed by atoms with Crippen molar-refractivity contribution in [1.82, 2.24) is 4.90 Å². The molecule has 1 amide bonds. The summed E-state index contributed by atoms with van der Waals surface area (Å²) in [4.78, 5) is 27.3. The third-order valence-electron chi connectivity index (χ3n) is 6.48. The van der Waals surface area contributed by atoms with Crippen LogP contribution in [0.25, 0.3) is 0 Å². The smallest absolute Gasteiger partial charge is 0.340 e. The van der Waals surface area contributed by atoms with Crippen LogP contribution in [0.5, 0.6) is 0 Å². The van der Waals surface area contributed by atoms with Crippen LogP contribution in [-0.4, -0.2) is 35.5 Å². The highest BCUT2D eigenvalue weighted by Gasteiger charge is 2.31. The Hall–Kier alpha value is -2.82. The normalized spacial score (nSPS) is 18.5. The number of hydrogen-bond donors (Lipinski definition) is 1. The summed E-state index contributed by atoms with van der Waals surface area (Å²) in [7, 11) is 1.87. The summed E-state index contributed by atoms with van der Waals surface area (Å²) in [6.45, 7) is 10.1. The van der Waals surface area contributed by atoms with Crippen molar-refractivity contribution in [2.45, 2.75) is 84.4 Å². The number of anilines is 1. The molecule has 1 saturated carbocycles. The number of ether oxygens (including phenoxy) is 1. The van der Waals surface area contributed by atoms with E-state index in [0.717, 1.165) is 36.9 Å². The van der Waals surface area contributed by atoms with Gasteiger partial charge in [-0.15, -0.1) is 0 Å². The molecule has 0 radical (unpaired) electrons. The molecule has 0 spiro atoms. The van der Waals surface area contributed by atoms with Crippen LogP contribution in [0.4, 0.5) is 5.69 Å². The minimum Gasteiger partial charge on any atom is -0.456 e. The summed E-state index contributed by atoms with van der Waals surface area (Å²) in [6, 6.07) is 14.3. The molecule has 1 fully saturated rings. The summed E-state index contributed by atoms with van der Waals surface area (Å²) in [6.07, 6.45) is 3.87. The van der Waals surface area contributed by atoms with Crippen LogP contribution in [0.2, 0.25) is 0 Å². The first kappa shape index (κ1) is 24.8. The minimum absolute atomic E-state index is 0.126. The van der Waals surface area contributed by atoms with Gasteiger partial charge in [0.15, 0.2) is 0 Å². The second kappa shape index (κ2) is 10.4. The van der Waals surface area contributed by atoms with E-state index >= 15 is 0 Å². The number of carbonyl (C=O) groups is 2. The molecule has 0 heterocycles. The number of amides is 1. The monoisotopic (exact) mass is 450 g/mol. The summed E-state index contributed by atoms with van der Waals surface area (Å²) in [5.74, 6) is 0.172. The Morgan fingerprint density at radius 1 is 1.03 bits per heavy atom. The molecule has 33 heavy (non-hydrogen) atoms. The lowest BCUT2D eigenvalue weighted by Gasteiger charge is -2.37. The van der Waals surface area contributed by atoms with Gasteiger partial charge in [0.2, 0.25) is 5.91 Å². The maximum Gasteiger partial charge on any atom is 0.340 e. The molecule has 5 nitrogen and oxygen atoms in total. The summed E-state index contributed by atoms with van der Waals surface area (Å²) >= 11 is 0. The summed E-state index contributed by atoms with van der Waals surface area (Å²) < 4.78 is 5.66. The minimum atomic E-state index is -0.542. The molecule has 2 aromatic carbocycles. The third-order valence-corrected chi connectivity index (χ3v) is 6.48. The van der Waals surface area contributed by atoms with Crippen LogP contribution < -0.4 is 5.32 Å². The van der Waals surface area contributed by atoms with E-state index in [4.69, 9.17) is 4.74 Å². The Bertz CT molecular complexity index is 971. The molecule has 0 atom stereocenters. The van der Waals surface area contributed by atoms with E-state index in [1.807, 2.05) is 63.1 Å². The average molecular weight is 451 g/mol. The molecule has 0 bridgehead atoms. The number of esters is 1. The van der Waals surface area contributed by atoms with E-state index in [2.05, 4.69) is 24.4 Å². The first-order valence-electron chi connectivity index (χ1n) is 12.0. The van der Waals surface area contributed by atoms with E-state index in [0.29, 0.717) is 18.0 Å². The zero-order valence-corrected chi connectivity index (χ0v) is 20.9. The Labute approximate surface area is 198 Å².